The first-order valence-corrected chi connectivity index (χ1v) is 8.85. The highest BCUT2D eigenvalue weighted by Crippen LogP contribution is 2.11. The summed E-state index contributed by atoms with van der Waals surface area (Å²) in [5.41, 5.74) is -0.655. The molecular formula is C20H30N2O4. The average molecular weight is 362 g/mol. The lowest BCUT2D eigenvalue weighted by Gasteiger charge is -2.28. The summed E-state index contributed by atoms with van der Waals surface area (Å²) in [7, 11) is 0. The highest BCUT2D eigenvalue weighted by atomic mass is 16.6. The van der Waals surface area contributed by atoms with Gasteiger partial charge in [0, 0.05) is 0 Å². The average Bonchev–Trinajstić information content (AvgIpc) is 2.52. The smallest absolute Gasteiger partial charge is 0.408 e. The maximum atomic E-state index is 12.4. The molecule has 1 aromatic rings. The van der Waals surface area contributed by atoms with E-state index in [1.165, 1.54) is 5.56 Å². The van der Waals surface area contributed by atoms with E-state index >= 15 is 0 Å². The summed E-state index contributed by atoms with van der Waals surface area (Å²) in [5, 5.41) is 5.22. The van der Waals surface area contributed by atoms with E-state index in [2.05, 4.69) is 10.6 Å². The largest absolute Gasteiger partial charge is 0.444 e. The standard InChI is InChI=1S/C20H30N2O4/c1-19(2,3)26-18(25)22-20(4,5)17(24)21-16(14-23)13-9-12-15-10-7-6-8-11-15/h6-8,10-11,14,16H,9,12-13H2,1-5H3,(H,21,24)(H,22,25)/t16-/m1/s1. The molecule has 2 amide bonds. The molecule has 26 heavy (non-hydrogen) atoms. The van der Waals surface area contributed by atoms with Crippen LogP contribution in [0, 0.1) is 0 Å². The topological polar surface area (TPSA) is 84.5 Å². The summed E-state index contributed by atoms with van der Waals surface area (Å²) in [6.07, 6.45) is 2.19. The summed E-state index contributed by atoms with van der Waals surface area (Å²) in [6.45, 7) is 8.37. The Kier molecular flexibility index (Phi) is 7.80. The molecule has 6 heteroatoms. The summed E-state index contributed by atoms with van der Waals surface area (Å²) in [4.78, 5) is 35.6. The summed E-state index contributed by atoms with van der Waals surface area (Å²) in [6, 6.07) is 9.37. The van der Waals surface area contributed by atoms with Crippen molar-refractivity contribution in [3.63, 3.8) is 0 Å². The molecular weight excluding hydrogens is 332 g/mol. The first-order chi connectivity index (χ1) is 12.0. The van der Waals surface area contributed by atoms with E-state index in [-0.39, 0.29) is 0 Å². The van der Waals surface area contributed by atoms with Gasteiger partial charge in [-0.05, 0) is 59.4 Å². The van der Waals surface area contributed by atoms with Gasteiger partial charge in [0.2, 0.25) is 5.91 Å². The van der Waals surface area contributed by atoms with Crippen molar-refractivity contribution >= 4 is 18.3 Å². The van der Waals surface area contributed by atoms with Gasteiger partial charge >= 0.3 is 6.09 Å². The molecule has 0 fully saturated rings. The van der Waals surface area contributed by atoms with Crippen molar-refractivity contribution in [2.24, 2.45) is 0 Å². The fraction of sp³-hybridized carbons (Fsp3) is 0.550. The summed E-state index contributed by atoms with van der Waals surface area (Å²) < 4.78 is 5.17. The number of benzene rings is 1. The van der Waals surface area contributed by atoms with Crippen molar-refractivity contribution in [2.45, 2.75) is 71.1 Å². The van der Waals surface area contributed by atoms with Gasteiger partial charge in [0.25, 0.3) is 0 Å². The van der Waals surface area contributed by atoms with Gasteiger partial charge in [-0.15, -0.1) is 0 Å². The van der Waals surface area contributed by atoms with Gasteiger partial charge in [-0.3, -0.25) is 4.79 Å². The molecule has 0 bridgehead atoms. The van der Waals surface area contributed by atoms with Crippen molar-refractivity contribution in [3.8, 4) is 0 Å². The first kappa shape index (κ1) is 21.7. The molecule has 0 aliphatic heterocycles. The van der Waals surface area contributed by atoms with Gasteiger partial charge in [-0.25, -0.2) is 4.79 Å². The van der Waals surface area contributed by atoms with Crippen LogP contribution in [-0.4, -0.2) is 35.5 Å². The van der Waals surface area contributed by atoms with Crippen molar-refractivity contribution in [1.29, 1.82) is 0 Å². The molecule has 0 aliphatic rings. The molecule has 0 heterocycles. The van der Waals surface area contributed by atoms with E-state index in [1.807, 2.05) is 30.3 Å². The van der Waals surface area contributed by atoms with E-state index in [1.54, 1.807) is 34.6 Å². The second kappa shape index (κ2) is 9.36. The molecule has 0 aromatic heterocycles. The van der Waals surface area contributed by atoms with E-state index < -0.39 is 29.2 Å². The molecule has 6 nitrogen and oxygen atoms in total. The first-order valence-electron chi connectivity index (χ1n) is 8.85. The zero-order valence-corrected chi connectivity index (χ0v) is 16.3. The minimum Gasteiger partial charge on any atom is -0.444 e. The number of hydrogen-bond donors (Lipinski definition) is 2. The second-order valence-corrected chi connectivity index (χ2v) is 7.85. The zero-order chi connectivity index (χ0) is 19.8. The van der Waals surface area contributed by atoms with Crippen LogP contribution >= 0.6 is 0 Å². The minimum absolute atomic E-state index is 0.430. The van der Waals surface area contributed by atoms with E-state index in [9.17, 15) is 14.4 Å². The molecule has 0 saturated heterocycles. The predicted molar refractivity (Wildman–Crippen MR) is 101 cm³/mol. The Labute approximate surface area is 155 Å². The maximum absolute atomic E-state index is 12.4. The van der Waals surface area contributed by atoms with Crippen LogP contribution < -0.4 is 10.6 Å². The van der Waals surface area contributed by atoms with Gasteiger partial charge in [0.1, 0.15) is 17.4 Å². The SMILES string of the molecule is CC(C)(C)OC(=O)NC(C)(C)C(=O)N[C@@H](C=O)CCCc1ccccc1. The molecule has 0 unspecified atom stereocenters. The molecule has 144 valence electrons. The van der Waals surface area contributed by atoms with Crippen LogP contribution in [0.25, 0.3) is 0 Å². The Morgan fingerprint density at radius 2 is 1.73 bits per heavy atom. The number of rotatable bonds is 8. The van der Waals surface area contributed by atoms with E-state index in [4.69, 9.17) is 4.74 Å². The molecule has 1 aromatic carbocycles. The fourth-order valence-electron chi connectivity index (χ4n) is 2.31. The number of amides is 2. The number of nitrogens with one attached hydrogen (secondary N) is 2. The van der Waals surface area contributed by atoms with Crippen LogP contribution in [0.1, 0.15) is 53.0 Å². The highest BCUT2D eigenvalue weighted by Gasteiger charge is 2.32. The van der Waals surface area contributed by atoms with Crippen molar-refractivity contribution in [3.05, 3.63) is 35.9 Å². The molecule has 0 saturated carbocycles. The normalized spacial score (nSPS) is 12.8. The monoisotopic (exact) mass is 362 g/mol. The Balaban J connectivity index is 2.50. The maximum Gasteiger partial charge on any atom is 0.408 e. The second-order valence-electron chi connectivity index (χ2n) is 7.85. The molecule has 1 rings (SSSR count). The third-order valence-electron chi connectivity index (χ3n) is 3.69. The molecule has 1 atom stereocenters. The fourth-order valence-corrected chi connectivity index (χ4v) is 2.31. The Bertz CT molecular complexity index is 606. The van der Waals surface area contributed by atoms with Gasteiger partial charge in [0.05, 0.1) is 6.04 Å². The van der Waals surface area contributed by atoms with Crippen molar-refractivity contribution in [2.75, 3.05) is 0 Å². The van der Waals surface area contributed by atoms with Crippen LogP contribution in [0.2, 0.25) is 0 Å². The third kappa shape index (κ3) is 8.14. The van der Waals surface area contributed by atoms with Gasteiger partial charge < -0.3 is 20.2 Å². The lowest BCUT2D eigenvalue weighted by molar-refractivity contribution is -0.128. The van der Waals surface area contributed by atoms with Crippen LogP contribution in [0.15, 0.2) is 30.3 Å². The third-order valence-corrected chi connectivity index (χ3v) is 3.69. The Hall–Kier alpha value is -2.37. The summed E-state index contributed by atoms with van der Waals surface area (Å²) >= 11 is 0. The van der Waals surface area contributed by atoms with Gasteiger partial charge in [-0.1, -0.05) is 30.3 Å². The number of carbonyl (C=O) groups excluding carboxylic acids is 3. The Morgan fingerprint density at radius 1 is 1.12 bits per heavy atom. The van der Waals surface area contributed by atoms with Crippen LogP contribution in [0.4, 0.5) is 4.79 Å². The number of aryl methyl sites for hydroxylation is 1. The lowest BCUT2D eigenvalue weighted by atomic mass is 10.0. The summed E-state index contributed by atoms with van der Waals surface area (Å²) in [5.74, 6) is -0.430. The van der Waals surface area contributed by atoms with Crippen LogP contribution in [0.3, 0.4) is 0 Å². The quantitative estimate of drug-likeness (QED) is 0.696. The minimum atomic E-state index is -1.19. The van der Waals surface area contributed by atoms with Gasteiger partial charge in [-0.2, -0.15) is 0 Å². The number of alkyl carbamates (subject to hydrolysis) is 1. The highest BCUT2D eigenvalue weighted by molar-refractivity contribution is 5.90. The molecule has 0 aliphatic carbocycles. The number of carbonyl (C=O) groups is 3. The molecule has 2 N–H and O–H groups in total. The predicted octanol–water partition coefficient (Wildman–Crippen LogP) is 3.00. The van der Waals surface area contributed by atoms with Gasteiger partial charge in [0.15, 0.2) is 0 Å². The zero-order valence-electron chi connectivity index (χ0n) is 16.3. The molecule has 0 spiro atoms. The Morgan fingerprint density at radius 3 is 2.27 bits per heavy atom. The number of hydrogen-bond acceptors (Lipinski definition) is 4. The van der Waals surface area contributed by atoms with Crippen molar-refractivity contribution < 1.29 is 19.1 Å². The van der Waals surface area contributed by atoms with Crippen LogP contribution in [0.5, 0.6) is 0 Å². The van der Waals surface area contributed by atoms with E-state index in [0.717, 1.165) is 19.1 Å². The number of ether oxygens (including phenoxy) is 1. The lowest BCUT2D eigenvalue weighted by Crippen LogP contribution is -2.57. The van der Waals surface area contributed by atoms with Crippen molar-refractivity contribution in [1.82, 2.24) is 10.6 Å². The number of aldehydes is 1. The van der Waals surface area contributed by atoms with Crippen LogP contribution in [-0.2, 0) is 20.7 Å². The molecule has 0 radical (unpaired) electrons. The van der Waals surface area contributed by atoms with E-state index in [0.29, 0.717) is 6.42 Å².